The van der Waals surface area contributed by atoms with Crippen LogP contribution >= 0.6 is 0 Å². The van der Waals surface area contributed by atoms with Gasteiger partial charge in [0.2, 0.25) is 5.91 Å². The Morgan fingerprint density at radius 1 is 0.931 bits per heavy atom. The van der Waals surface area contributed by atoms with Gasteiger partial charge in [-0.25, -0.2) is 0 Å². The first kappa shape index (κ1) is 19.7. The Kier molecular flexibility index (Phi) is 5.44. The molecule has 29 heavy (non-hydrogen) atoms. The summed E-state index contributed by atoms with van der Waals surface area (Å²) >= 11 is 0. The van der Waals surface area contributed by atoms with Crippen LogP contribution in [0.15, 0.2) is 60.7 Å². The first-order valence-corrected chi connectivity index (χ1v) is 10.7. The quantitative estimate of drug-likeness (QED) is 0.737. The van der Waals surface area contributed by atoms with E-state index >= 15 is 0 Å². The first-order valence-electron chi connectivity index (χ1n) is 10.7. The van der Waals surface area contributed by atoms with E-state index in [0.717, 1.165) is 44.2 Å². The fourth-order valence-electron chi connectivity index (χ4n) is 5.41. The zero-order valence-corrected chi connectivity index (χ0v) is 17.4. The molecule has 2 amide bonds. The van der Waals surface area contributed by atoms with Gasteiger partial charge in [0, 0.05) is 19.0 Å². The summed E-state index contributed by atoms with van der Waals surface area (Å²) in [6, 6.07) is 19.8. The van der Waals surface area contributed by atoms with Gasteiger partial charge in [-0.15, -0.1) is 0 Å². The minimum absolute atomic E-state index is 0.0182. The normalized spacial score (nSPS) is 27.1. The van der Waals surface area contributed by atoms with Gasteiger partial charge in [-0.1, -0.05) is 61.4 Å². The number of carbonyl (C=O) groups is 2. The standard InChI is InChI=1S/C25H30N2O2/c1-19(28)26-17-11-5-10-16-23-25(26,2)18-22(20-12-6-3-7-13-20)27(23)24(29)21-14-8-4-9-15-21/h3-4,6-9,12-15,22-23H,5,10-11,16-18H2,1-2H3/t22-,23-,25-/m0/s1. The average Bonchev–Trinajstić information content (AvgIpc) is 3.01. The molecule has 2 fully saturated rings. The van der Waals surface area contributed by atoms with Crippen molar-refractivity contribution in [2.75, 3.05) is 6.54 Å². The topological polar surface area (TPSA) is 40.6 Å². The number of likely N-dealkylation sites (tertiary alicyclic amines) is 2. The molecule has 0 spiro atoms. The predicted molar refractivity (Wildman–Crippen MR) is 114 cm³/mol. The van der Waals surface area contributed by atoms with Crippen molar-refractivity contribution < 1.29 is 9.59 Å². The smallest absolute Gasteiger partial charge is 0.254 e. The van der Waals surface area contributed by atoms with Crippen LogP contribution in [-0.4, -0.2) is 39.7 Å². The molecule has 2 aromatic rings. The van der Waals surface area contributed by atoms with E-state index in [-0.39, 0.29) is 29.4 Å². The van der Waals surface area contributed by atoms with E-state index in [1.54, 1.807) is 6.92 Å². The molecule has 0 aliphatic carbocycles. The Labute approximate surface area is 173 Å². The van der Waals surface area contributed by atoms with Gasteiger partial charge in [0.15, 0.2) is 0 Å². The molecule has 2 aromatic carbocycles. The molecule has 0 N–H and O–H groups in total. The molecule has 3 atom stereocenters. The van der Waals surface area contributed by atoms with Crippen molar-refractivity contribution in [3.8, 4) is 0 Å². The van der Waals surface area contributed by atoms with Crippen LogP contribution in [0, 0.1) is 0 Å². The highest BCUT2D eigenvalue weighted by Gasteiger charge is 2.55. The molecule has 0 bridgehead atoms. The summed E-state index contributed by atoms with van der Waals surface area (Å²) in [5.74, 6) is 0.178. The SMILES string of the molecule is CC(=O)N1CCCCC[C@@H]2N(C(=O)c3ccccc3)[C@H](c3ccccc3)C[C@@]21C. The monoisotopic (exact) mass is 390 g/mol. The summed E-state index contributed by atoms with van der Waals surface area (Å²) in [4.78, 5) is 30.5. The van der Waals surface area contributed by atoms with Gasteiger partial charge < -0.3 is 9.80 Å². The molecule has 0 radical (unpaired) electrons. The Hall–Kier alpha value is -2.62. The molecule has 4 rings (SSSR count). The Bertz CT molecular complexity index is 867. The summed E-state index contributed by atoms with van der Waals surface area (Å²) in [7, 11) is 0. The van der Waals surface area contributed by atoms with E-state index in [0.29, 0.717) is 5.56 Å². The van der Waals surface area contributed by atoms with Crippen LogP contribution in [0.3, 0.4) is 0 Å². The summed E-state index contributed by atoms with van der Waals surface area (Å²) in [5.41, 5.74) is 1.51. The maximum Gasteiger partial charge on any atom is 0.254 e. The number of hydrogen-bond donors (Lipinski definition) is 0. The fourth-order valence-corrected chi connectivity index (χ4v) is 5.41. The molecule has 2 aliphatic heterocycles. The lowest BCUT2D eigenvalue weighted by Crippen LogP contribution is -2.58. The lowest BCUT2D eigenvalue weighted by atomic mass is 9.83. The van der Waals surface area contributed by atoms with Crippen molar-refractivity contribution in [2.45, 2.75) is 63.6 Å². The second kappa shape index (κ2) is 8.02. The number of fused-ring (bicyclic) bond motifs is 1. The third kappa shape index (κ3) is 3.57. The number of rotatable bonds is 2. The van der Waals surface area contributed by atoms with Crippen molar-refractivity contribution in [3.63, 3.8) is 0 Å². The van der Waals surface area contributed by atoms with Crippen molar-refractivity contribution >= 4 is 11.8 Å². The van der Waals surface area contributed by atoms with Gasteiger partial charge in [-0.2, -0.15) is 0 Å². The van der Waals surface area contributed by atoms with Crippen molar-refractivity contribution in [1.82, 2.24) is 9.80 Å². The summed E-state index contributed by atoms with van der Waals surface area (Å²) in [6.07, 6.45) is 4.93. The molecule has 0 saturated carbocycles. The Morgan fingerprint density at radius 3 is 2.24 bits per heavy atom. The third-order valence-electron chi connectivity index (χ3n) is 6.79. The molecule has 0 unspecified atom stereocenters. The van der Waals surface area contributed by atoms with Crippen LogP contribution < -0.4 is 0 Å². The second-order valence-corrected chi connectivity index (χ2v) is 8.60. The summed E-state index contributed by atoms with van der Waals surface area (Å²) in [5, 5.41) is 0. The number of carbonyl (C=O) groups excluding carboxylic acids is 2. The number of nitrogens with zero attached hydrogens (tertiary/aromatic N) is 2. The highest BCUT2D eigenvalue weighted by Crippen LogP contribution is 2.48. The van der Waals surface area contributed by atoms with E-state index in [1.165, 1.54) is 0 Å². The minimum Gasteiger partial charge on any atom is -0.335 e. The highest BCUT2D eigenvalue weighted by molar-refractivity contribution is 5.95. The third-order valence-corrected chi connectivity index (χ3v) is 6.79. The van der Waals surface area contributed by atoms with Gasteiger partial charge in [0.25, 0.3) is 5.91 Å². The van der Waals surface area contributed by atoms with Gasteiger partial charge in [0.05, 0.1) is 17.6 Å². The van der Waals surface area contributed by atoms with Crippen LogP contribution in [0.2, 0.25) is 0 Å². The van der Waals surface area contributed by atoms with Crippen molar-refractivity contribution in [2.24, 2.45) is 0 Å². The van der Waals surface area contributed by atoms with Crippen LogP contribution in [0.5, 0.6) is 0 Å². The maximum absolute atomic E-state index is 13.7. The molecule has 4 nitrogen and oxygen atoms in total. The van der Waals surface area contributed by atoms with Gasteiger partial charge in [-0.3, -0.25) is 9.59 Å². The summed E-state index contributed by atoms with van der Waals surface area (Å²) in [6.45, 7) is 4.64. The van der Waals surface area contributed by atoms with Crippen LogP contribution in [0.25, 0.3) is 0 Å². The van der Waals surface area contributed by atoms with Crippen LogP contribution in [-0.2, 0) is 4.79 Å². The van der Waals surface area contributed by atoms with Gasteiger partial charge in [0.1, 0.15) is 0 Å². The van der Waals surface area contributed by atoms with E-state index in [9.17, 15) is 9.59 Å². The van der Waals surface area contributed by atoms with E-state index in [1.807, 2.05) is 53.4 Å². The van der Waals surface area contributed by atoms with Crippen LogP contribution in [0.4, 0.5) is 0 Å². The van der Waals surface area contributed by atoms with Gasteiger partial charge in [-0.05, 0) is 43.9 Å². The van der Waals surface area contributed by atoms with Gasteiger partial charge >= 0.3 is 0 Å². The summed E-state index contributed by atoms with van der Waals surface area (Å²) < 4.78 is 0. The second-order valence-electron chi connectivity index (χ2n) is 8.60. The molecular weight excluding hydrogens is 360 g/mol. The molecule has 2 aliphatic rings. The lowest BCUT2D eigenvalue weighted by molar-refractivity contribution is -0.136. The number of amides is 2. The van der Waals surface area contributed by atoms with Crippen molar-refractivity contribution in [1.29, 1.82) is 0 Å². The number of benzene rings is 2. The molecular formula is C25H30N2O2. The van der Waals surface area contributed by atoms with E-state index in [2.05, 4.69) is 24.0 Å². The van der Waals surface area contributed by atoms with Crippen molar-refractivity contribution in [3.05, 3.63) is 71.8 Å². The Morgan fingerprint density at radius 2 is 1.59 bits per heavy atom. The molecule has 152 valence electrons. The maximum atomic E-state index is 13.7. The molecule has 2 heterocycles. The van der Waals surface area contributed by atoms with Crippen LogP contribution in [0.1, 0.15) is 67.9 Å². The lowest BCUT2D eigenvalue weighted by Gasteiger charge is -2.45. The Balaban J connectivity index is 1.82. The molecule has 0 aromatic heterocycles. The highest BCUT2D eigenvalue weighted by atomic mass is 16.2. The van der Waals surface area contributed by atoms with E-state index < -0.39 is 0 Å². The largest absolute Gasteiger partial charge is 0.335 e. The minimum atomic E-state index is -0.350. The number of hydrogen-bond acceptors (Lipinski definition) is 2. The first-order chi connectivity index (χ1) is 14.0. The average molecular weight is 391 g/mol. The molecule has 4 heteroatoms. The van der Waals surface area contributed by atoms with E-state index in [4.69, 9.17) is 0 Å². The molecule has 2 saturated heterocycles. The zero-order valence-electron chi connectivity index (χ0n) is 17.4. The zero-order chi connectivity index (χ0) is 20.4. The fraction of sp³-hybridized carbons (Fsp3) is 0.440. The predicted octanol–water partition coefficient (Wildman–Crippen LogP) is 4.82.